The molecule has 0 aliphatic carbocycles. The molecule has 0 unspecified atom stereocenters. The lowest BCUT2D eigenvalue weighted by molar-refractivity contribution is 0.0692. The Balaban J connectivity index is 2.33. The molecule has 4 nitrogen and oxygen atoms in total. The zero-order valence-corrected chi connectivity index (χ0v) is 12.0. The Morgan fingerprint density at radius 2 is 1.52 bits per heavy atom. The fourth-order valence-corrected chi connectivity index (χ4v) is 2.17. The molecule has 4 heteroatoms. The summed E-state index contributed by atoms with van der Waals surface area (Å²) < 4.78 is 0. The number of carbonyl (C=O) groups is 2. The lowest BCUT2D eigenvalue weighted by Gasteiger charge is -2.14. The topological polar surface area (TPSA) is 66.4 Å². The number of carbonyl (C=O) groups excluding carboxylic acids is 1. The first-order chi connectivity index (χ1) is 10.0. The minimum Gasteiger partial charge on any atom is -0.478 e. The number of hydrogen-bond donors (Lipinski definition) is 2. The number of carboxylic acid groups (broad SMARTS) is 1. The lowest BCUT2D eigenvalue weighted by atomic mass is 10.0. The van der Waals surface area contributed by atoms with Gasteiger partial charge in [0.05, 0.1) is 11.1 Å². The number of nitrogens with one attached hydrogen (secondary N) is 1. The van der Waals surface area contributed by atoms with E-state index in [1.807, 2.05) is 38.1 Å². The van der Waals surface area contributed by atoms with E-state index in [0.29, 0.717) is 5.69 Å². The van der Waals surface area contributed by atoms with E-state index < -0.39 is 11.9 Å². The van der Waals surface area contributed by atoms with Crippen LogP contribution in [0.25, 0.3) is 0 Å². The van der Waals surface area contributed by atoms with Crippen molar-refractivity contribution in [3.63, 3.8) is 0 Å². The van der Waals surface area contributed by atoms with Gasteiger partial charge < -0.3 is 10.4 Å². The molecule has 0 spiro atoms. The molecule has 21 heavy (non-hydrogen) atoms. The normalized spacial score (nSPS) is 10.4. The van der Waals surface area contributed by atoms with E-state index in [0.717, 1.165) is 5.56 Å². The number of para-hydroxylation sites is 1. The predicted molar refractivity (Wildman–Crippen MR) is 81.9 cm³/mol. The van der Waals surface area contributed by atoms with Gasteiger partial charge in [0.1, 0.15) is 0 Å². The summed E-state index contributed by atoms with van der Waals surface area (Å²) in [6, 6.07) is 13.7. The minimum absolute atomic E-state index is 0.00275. The third kappa shape index (κ3) is 3.28. The number of anilines is 1. The quantitative estimate of drug-likeness (QED) is 0.897. The molecule has 0 radical (unpaired) electrons. The summed E-state index contributed by atoms with van der Waals surface area (Å²) >= 11 is 0. The molecule has 0 atom stereocenters. The highest BCUT2D eigenvalue weighted by Gasteiger charge is 2.17. The van der Waals surface area contributed by atoms with Crippen molar-refractivity contribution in [3.8, 4) is 0 Å². The Morgan fingerprint density at radius 1 is 0.952 bits per heavy atom. The van der Waals surface area contributed by atoms with Gasteiger partial charge in [-0.25, -0.2) is 4.79 Å². The fourth-order valence-electron chi connectivity index (χ4n) is 2.17. The largest absolute Gasteiger partial charge is 0.478 e. The lowest BCUT2D eigenvalue weighted by Crippen LogP contribution is -2.17. The van der Waals surface area contributed by atoms with Crippen LogP contribution in [-0.2, 0) is 0 Å². The summed E-state index contributed by atoms with van der Waals surface area (Å²) in [6.07, 6.45) is 0. The van der Waals surface area contributed by atoms with Gasteiger partial charge in [-0.15, -0.1) is 0 Å². The Bertz CT molecular complexity index is 677. The predicted octanol–water partition coefficient (Wildman–Crippen LogP) is 3.76. The maximum Gasteiger partial charge on any atom is 0.336 e. The third-order valence-electron chi connectivity index (χ3n) is 3.23. The molecular weight excluding hydrogens is 266 g/mol. The Hall–Kier alpha value is -2.62. The van der Waals surface area contributed by atoms with Crippen molar-refractivity contribution < 1.29 is 14.7 Å². The highest BCUT2D eigenvalue weighted by molar-refractivity contribution is 6.10. The second kappa shape index (κ2) is 6.22. The van der Waals surface area contributed by atoms with Crippen LogP contribution >= 0.6 is 0 Å². The second-order valence-corrected chi connectivity index (χ2v) is 5.05. The first-order valence-electron chi connectivity index (χ1n) is 6.73. The van der Waals surface area contributed by atoms with Gasteiger partial charge in [-0.3, -0.25) is 4.79 Å². The van der Waals surface area contributed by atoms with Crippen LogP contribution < -0.4 is 5.32 Å². The molecule has 2 aromatic carbocycles. The summed E-state index contributed by atoms with van der Waals surface area (Å²) in [5, 5.41) is 11.9. The van der Waals surface area contributed by atoms with Gasteiger partial charge in [-0.05, 0) is 29.7 Å². The number of rotatable bonds is 4. The molecule has 2 aromatic rings. The molecule has 0 saturated heterocycles. The Morgan fingerprint density at radius 3 is 2.14 bits per heavy atom. The summed E-state index contributed by atoms with van der Waals surface area (Å²) in [5.74, 6) is -1.27. The number of carboxylic acids is 1. The molecular formula is C17H17NO3. The Labute approximate surface area is 123 Å². The van der Waals surface area contributed by atoms with Crippen LogP contribution in [0.2, 0.25) is 0 Å². The zero-order chi connectivity index (χ0) is 15.4. The van der Waals surface area contributed by atoms with E-state index in [2.05, 4.69) is 5.32 Å². The van der Waals surface area contributed by atoms with Gasteiger partial charge in [-0.1, -0.05) is 44.2 Å². The first-order valence-corrected chi connectivity index (χ1v) is 6.73. The summed E-state index contributed by atoms with van der Waals surface area (Å²) in [7, 11) is 0. The van der Waals surface area contributed by atoms with E-state index in [1.54, 1.807) is 12.1 Å². The minimum atomic E-state index is -1.11. The third-order valence-corrected chi connectivity index (χ3v) is 3.23. The molecule has 0 bridgehead atoms. The second-order valence-electron chi connectivity index (χ2n) is 5.05. The molecule has 0 aromatic heterocycles. The van der Waals surface area contributed by atoms with Crippen LogP contribution in [0.4, 0.5) is 5.69 Å². The van der Waals surface area contributed by atoms with Crippen molar-refractivity contribution in [3.05, 3.63) is 65.2 Å². The van der Waals surface area contributed by atoms with Gasteiger partial charge >= 0.3 is 5.97 Å². The molecule has 2 rings (SSSR count). The van der Waals surface area contributed by atoms with E-state index in [1.165, 1.54) is 12.1 Å². The summed E-state index contributed by atoms with van der Waals surface area (Å²) in [5.41, 5.74) is 1.87. The molecule has 0 aliphatic heterocycles. The average Bonchev–Trinajstić information content (AvgIpc) is 2.47. The average molecular weight is 283 g/mol. The molecule has 0 fully saturated rings. The first kappa shape index (κ1) is 14.8. The van der Waals surface area contributed by atoms with Crippen LogP contribution in [0.3, 0.4) is 0 Å². The van der Waals surface area contributed by atoms with Crippen molar-refractivity contribution in [2.24, 2.45) is 0 Å². The number of benzene rings is 2. The van der Waals surface area contributed by atoms with Crippen LogP contribution in [0.1, 0.15) is 46.0 Å². The monoisotopic (exact) mass is 283 g/mol. The molecule has 1 amide bonds. The molecule has 0 saturated carbocycles. The fraction of sp³-hybridized carbons (Fsp3) is 0.176. The van der Waals surface area contributed by atoms with Gasteiger partial charge in [-0.2, -0.15) is 0 Å². The van der Waals surface area contributed by atoms with Crippen molar-refractivity contribution in [2.75, 3.05) is 5.32 Å². The van der Waals surface area contributed by atoms with Crippen molar-refractivity contribution in [1.82, 2.24) is 0 Å². The maximum absolute atomic E-state index is 12.3. The number of aromatic carboxylic acids is 1. The standard InChI is InChI=1S/C17H17NO3/c1-11(2)12-7-5-6-10-15(12)18-16(19)13-8-3-4-9-14(13)17(20)21/h3-11H,1-2H3,(H,18,19)(H,20,21). The summed E-state index contributed by atoms with van der Waals surface area (Å²) in [4.78, 5) is 23.5. The van der Waals surface area contributed by atoms with E-state index in [-0.39, 0.29) is 17.0 Å². The SMILES string of the molecule is CC(C)c1ccccc1NC(=O)c1ccccc1C(=O)O. The van der Waals surface area contributed by atoms with Crippen molar-refractivity contribution in [2.45, 2.75) is 19.8 Å². The number of hydrogen-bond acceptors (Lipinski definition) is 2. The van der Waals surface area contributed by atoms with Crippen LogP contribution in [0.15, 0.2) is 48.5 Å². The highest BCUT2D eigenvalue weighted by Crippen LogP contribution is 2.24. The van der Waals surface area contributed by atoms with Gasteiger partial charge in [0.15, 0.2) is 0 Å². The van der Waals surface area contributed by atoms with E-state index in [9.17, 15) is 9.59 Å². The maximum atomic E-state index is 12.3. The molecule has 108 valence electrons. The highest BCUT2D eigenvalue weighted by atomic mass is 16.4. The van der Waals surface area contributed by atoms with E-state index >= 15 is 0 Å². The van der Waals surface area contributed by atoms with Crippen LogP contribution in [0.5, 0.6) is 0 Å². The Kier molecular flexibility index (Phi) is 4.38. The molecule has 0 heterocycles. The van der Waals surface area contributed by atoms with Gasteiger partial charge in [0, 0.05) is 5.69 Å². The van der Waals surface area contributed by atoms with Crippen LogP contribution in [-0.4, -0.2) is 17.0 Å². The van der Waals surface area contributed by atoms with Gasteiger partial charge in [0.25, 0.3) is 5.91 Å². The van der Waals surface area contributed by atoms with Crippen LogP contribution in [0, 0.1) is 0 Å². The van der Waals surface area contributed by atoms with Gasteiger partial charge in [0.2, 0.25) is 0 Å². The van der Waals surface area contributed by atoms with E-state index in [4.69, 9.17) is 5.11 Å². The molecule has 0 aliphatic rings. The number of amides is 1. The van der Waals surface area contributed by atoms with Crippen molar-refractivity contribution in [1.29, 1.82) is 0 Å². The smallest absolute Gasteiger partial charge is 0.336 e. The zero-order valence-electron chi connectivity index (χ0n) is 12.0. The molecule has 2 N–H and O–H groups in total. The van der Waals surface area contributed by atoms with Crippen molar-refractivity contribution >= 4 is 17.6 Å². The summed E-state index contributed by atoms with van der Waals surface area (Å²) in [6.45, 7) is 4.08.